The number of likely N-dealkylation sites (tertiary alicyclic amines) is 3. The van der Waals surface area contributed by atoms with Gasteiger partial charge >= 0.3 is 12.1 Å². The van der Waals surface area contributed by atoms with Crippen LogP contribution in [0, 0.1) is 6.92 Å². The zero-order valence-corrected chi connectivity index (χ0v) is 26.6. The first-order valence-corrected chi connectivity index (χ1v) is 16.9. The molecule has 0 aliphatic carbocycles. The number of hydrogen-bond donors (Lipinski definition) is 2. The highest BCUT2D eigenvalue weighted by Gasteiger charge is 2.36. The molecule has 5 heterocycles. The lowest BCUT2D eigenvalue weighted by molar-refractivity contribution is -0.142. The number of ether oxygens (including phenoxy) is 1. The summed E-state index contributed by atoms with van der Waals surface area (Å²) in [5, 5.41) is 14.0. The summed E-state index contributed by atoms with van der Waals surface area (Å²) >= 11 is 0. The molecule has 1 aromatic heterocycles. The van der Waals surface area contributed by atoms with Gasteiger partial charge in [-0.05, 0) is 87.4 Å². The highest BCUT2D eigenvalue weighted by molar-refractivity contribution is 5.92. The summed E-state index contributed by atoms with van der Waals surface area (Å²) in [4.78, 5) is 48.5. The summed E-state index contributed by atoms with van der Waals surface area (Å²) in [6.45, 7) is 7.08. The number of nitrogens with zero attached hydrogens (tertiary/aromatic N) is 6. The number of aromatic nitrogens is 3. The van der Waals surface area contributed by atoms with E-state index < -0.39 is 12.2 Å². The second-order valence-electron chi connectivity index (χ2n) is 13.3. The van der Waals surface area contributed by atoms with Crippen LogP contribution in [-0.2, 0) is 22.5 Å². The molecule has 0 bridgehead atoms. The summed E-state index contributed by atoms with van der Waals surface area (Å²) in [5.41, 5.74) is 5.38. The van der Waals surface area contributed by atoms with E-state index in [2.05, 4.69) is 25.6 Å². The van der Waals surface area contributed by atoms with Crippen LogP contribution in [0.4, 0.5) is 15.3 Å². The van der Waals surface area contributed by atoms with E-state index in [-0.39, 0.29) is 24.4 Å². The van der Waals surface area contributed by atoms with Crippen LogP contribution in [0.15, 0.2) is 36.4 Å². The number of urea groups is 1. The number of carbonyl (C=O) groups is 3. The normalized spacial score (nSPS) is 20.8. The van der Waals surface area contributed by atoms with Crippen LogP contribution in [0.3, 0.4) is 0 Å². The molecule has 4 amide bonds. The molecule has 12 heteroatoms. The fraction of sp³-hybridized carbons (Fsp3) is 0.559. The molecule has 3 saturated heterocycles. The van der Waals surface area contributed by atoms with Gasteiger partial charge in [0.2, 0.25) is 0 Å². The third-order valence-corrected chi connectivity index (χ3v) is 10.3. The maximum Gasteiger partial charge on any atom is 0.410 e. The zero-order valence-electron chi connectivity index (χ0n) is 26.6. The Morgan fingerprint density at radius 3 is 2.43 bits per heavy atom. The first-order valence-electron chi connectivity index (χ1n) is 16.9. The van der Waals surface area contributed by atoms with Gasteiger partial charge < -0.3 is 29.7 Å². The van der Waals surface area contributed by atoms with Crippen molar-refractivity contribution in [1.82, 2.24) is 35.0 Å². The molecule has 244 valence electrons. The molecule has 1 atom stereocenters. The molecule has 2 N–H and O–H groups in total. The minimum Gasteiger partial charge on any atom is -0.436 e. The Bertz CT molecular complexity index is 1570. The maximum absolute atomic E-state index is 14.0. The smallest absolute Gasteiger partial charge is 0.410 e. The van der Waals surface area contributed by atoms with Crippen molar-refractivity contribution in [3.63, 3.8) is 0 Å². The van der Waals surface area contributed by atoms with Crippen molar-refractivity contribution >= 4 is 34.8 Å². The molecule has 46 heavy (non-hydrogen) atoms. The highest BCUT2D eigenvalue weighted by Crippen LogP contribution is 2.29. The Morgan fingerprint density at radius 1 is 0.935 bits per heavy atom. The number of anilines is 1. The first-order chi connectivity index (χ1) is 22.4. The Kier molecular flexibility index (Phi) is 8.79. The van der Waals surface area contributed by atoms with Crippen molar-refractivity contribution in [2.75, 3.05) is 44.6 Å². The van der Waals surface area contributed by atoms with Gasteiger partial charge in [-0.3, -0.25) is 9.89 Å². The standard InChI is InChI=1S/C34H44N8O4/c1-23-19-24(20-29-31(23)37-38-36-29)21-30(32(43)40-15-9-26(10-16-40)39-13-5-2-6-14-39)46-34(45)41-17-11-27(12-18-41)42-22-25-7-3-4-8-28(25)35-33(42)44/h3-4,7-8,19-20,26-27,30H,2,5-6,9-18,21-22H2,1H3,(H,35,44)(H,36,37,38). The number of benzene rings is 2. The molecular weight excluding hydrogens is 584 g/mol. The molecule has 4 aliphatic heterocycles. The molecule has 12 nitrogen and oxygen atoms in total. The monoisotopic (exact) mass is 628 g/mol. The van der Waals surface area contributed by atoms with Gasteiger partial charge in [0.1, 0.15) is 5.52 Å². The minimum absolute atomic E-state index is 0.0215. The summed E-state index contributed by atoms with van der Waals surface area (Å²) in [6, 6.07) is 12.2. The maximum atomic E-state index is 14.0. The summed E-state index contributed by atoms with van der Waals surface area (Å²) in [7, 11) is 0. The molecule has 0 spiro atoms. The number of piperidine rings is 3. The quantitative estimate of drug-likeness (QED) is 0.417. The van der Waals surface area contributed by atoms with Gasteiger partial charge in [0.05, 0.1) is 5.52 Å². The summed E-state index contributed by atoms with van der Waals surface area (Å²) in [6.07, 6.45) is 5.84. The van der Waals surface area contributed by atoms with Crippen LogP contribution in [0.25, 0.3) is 11.0 Å². The number of aromatic amines is 1. The highest BCUT2D eigenvalue weighted by atomic mass is 16.6. The van der Waals surface area contributed by atoms with Gasteiger partial charge in [0.25, 0.3) is 5.91 Å². The number of hydrogen-bond acceptors (Lipinski definition) is 7. The average Bonchev–Trinajstić information content (AvgIpc) is 3.57. The number of aryl methyl sites for hydroxylation is 1. The number of rotatable bonds is 6. The fourth-order valence-electron chi connectivity index (χ4n) is 7.72. The summed E-state index contributed by atoms with van der Waals surface area (Å²) < 4.78 is 6.08. The number of amides is 4. The zero-order chi connectivity index (χ0) is 31.6. The van der Waals surface area contributed by atoms with Crippen molar-refractivity contribution in [2.45, 2.75) is 83.0 Å². The van der Waals surface area contributed by atoms with E-state index in [4.69, 9.17) is 4.74 Å². The average molecular weight is 629 g/mol. The van der Waals surface area contributed by atoms with Gasteiger partial charge in [0, 0.05) is 56.9 Å². The van der Waals surface area contributed by atoms with Crippen molar-refractivity contribution in [1.29, 1.82) is 0 Å². The van der Waals surface area contributed by atoms with E-state index in [1.54, 1.807) is 4.90 Å². The topological polar surface area (TPSA) is 127 Å². The molecule has 0 saturated carbocycles. The molecular formula is C34H44N8O4. The molecule has 2 aromatic carbocycles. The summed E-state index contributed by atoms with van der Waals surface area (Å²) in [5.74, 6) is -0.137. The lowest BCUT2D eigenvalue weighted by Crippen LogP contribution is -2.53. The van der Waals surface area contributed by atoms with E-state index in [1.165, 1.54) is 19.3 Å². The fourth-order valence-corrected chi connectivity index (χ4v) is 7.72. The molecule has 4 aliphatic rings. The SMILES string of the molecule is Cc1cc(CC(OC(=O)N2CCC(N3Cc4ccccc4NC3=O)CC2)C(=O)N2CCC(N3CCCCC3)CC2)cc2nn[nH]c12. The molecule has 0 radical (unpaired) electrons. The van der Waals surface area contributed by atoms with Crippen LogP contribution in [0.1, 0.15) is 61.6 Å². The van der Waals surface area contributed by atoms with Gasteiger partial charge in [-0.2, -0.15) is 0 Å². The van der Waals surface area contributed by atoms with Gasteiger partial charge in [0.15, 0.2) is 6.10 Å². The molecule has 3 fully saturated rings. The van der Waals surface area contributed by atoms with Crippen molar-refractivity contribution in [3.8, 4) is 0 Å². The molecule has 3 aromatic rings. The minimum atomic E-state index is -0.940. The van der Waals surface area contributed by atoms with E-state index in [0.29, 0.717) is 51.6 Å². The van der Waals surface area contributed by atoms with Crippen LogP contribution in [-0.4, -0.2) is 110 Å². The Labute approximate surface area is 269 Å². The lowest BCUT2D eigenvalue weighted by Gasteiger charge is -2.41. The number of H-pyrrole nitrogens is 1. The second kappa shape index (κ2) is 13.3. The second-order valence-corrected chi connectivity index (χ2v) is 13.3. The van der Waals surface area contributed by atoms with Gasteiger partial charge in [-0.15, -0.1) is 5.10 Å². The van der Waals surface area contributed by atoms with Crippen molar-refractivity contribution in [3.05, 3.63) is 53.1 Å². The predicted octanol–water partition coefficient (Wildman–Crippen LogP) is 4.30. The number of nitrogens with one attached hydrogen (secondary N) is 2. The largest absolute Gasteiger partial charge is 0.436 e. The number of carbonyl (C=O) groups excluding carboxylic acids is 3. The van der Waals surface area contributed by atoms with Crippen LogP contribution in [0.2, 0.25) is 0 Å². The Hall–Kier alpha value is -4.19. The van der Waals surface area contributed by atoms with Crippen molar-refractivity contribution < 1.29 is 19.1 Å². The predicted molar refractivity (Wildman–Crippen MR) is 173 cm³/mol. The van der Waals surface area contributed by atoms with Gasteiger partial charge in [-0.25, -0.2) is 9.59 Å². The van der Waals surface area contributed by atoms with Crippen molar-refractivity contribution in [2.24, 2.45) is 0 Å². The van der Waals surface area contributed by atoms with E-state index in [0.717, 1.165) is 59.3 Å². The van der Waals surface area contributed by atoms with Gasteiger partial charge in [-0.1, -0.05) is 35.9 Å². The first kappa shape index (κ1) is 30.5. The third kappa shape index (κ3) is 6.40. The number of para-hydroxylation sites is 1. The van der Waals surface area contributed by atoms with Crippen LogP contribution >= 0.6 is 0 Å². The Balaban J connectivity index is 1.01. The molecule has 7 rings (SSSR count). The van der Waals surface area contributed by atoms with Crippen LogP contribution < -0.4 is 5.32 Å². The third-order valence-electron chi connectivity index (χ3n) is 10.3. The molecule has 1 unspecified atom stereocenters. The number of fused-ring (bicyclic) bond motifs is 2. The van der Waals surface area contributed by atoms with E-state index >= 15 is 0 Å². The lowest BCUT2D eigenvalue weighted by atomic mass is 9.98. The van der Waals surface area contributed by atoms with E-state index in [1.807, 2.05) is 53.1 Å². The van der Waals surface area contributed by atoms with E-state index in [9.17, 15) is 14.4 Å². The van der Waals surface area contributed by atoms with Crippen LogP contribution in [0.5, 0.6) is 0 Å². The Morgan fingerprint density at radius 2 is 1.65 bits per heavy atom.